The third kappa shape index (κ3) is 3.93. The fourth-order valence-corrected chi connectivity index (χ4v) is 0.325. The highest BCUT2D eigenvalue weighted by atomic mass is 19.1. The van der Waals surface area contributed by atoms with Crippen LogP contribution < -0.4 is 0 Å². The Kier molecular flexibility index (Phi) is 3.10. The van der Waals surface area contributed by atoms with Gasteiger partial charge in [-0.05, 0) is 13.3 Å². The zero-order chi connectivity index (χ0) is 4.99. The van der Waals surface area contributed by atoms with Gasteiger partial charge in [0.2, 0.25) is 0 Å². The van der Waals surface area contributed by atoms with Crippen LogP contribution in [-0.2, 0) is 0 Å². The molecule has 37 valence electrons. The highest BCUT2D eigenvalue weighted by molar-refractivity contribution is 4.67. The van der Waals surface area contributed by atoms with E-state index in [1.54, 1.807) is 6.42 Å². The average Bonchev–Trinajstić information content (AvgIpc) is 1.35. The molecule has 0 aliphatic heterocycles. The van der Waals surface area contributed by atoms with E-state index in [1.165, 1.54) is 6.92 Å². The molecule has 0 nitrogen and oxygen atoms in total. The van der Waals surface area contributed by atoms with Crippen LogP contribution in [0.4, 0.5) is 4.39 Å². The zero-order valence-electron chi connectivity index (χ0n) is 4.24. The highest BCUT2D eigenvalue weighted by Crippen LogP contribution is 1.95. The third-order valence-electron chi connectivity index (χ3n) is 0.560. The van der Waals surface area contributed by atoms with Crippen LogP contribution in [0.2, 0.25) is 0 Å². The Hall–Kier alpha value is -0.0700. The molecular formula is C5H10F. The van der Waals surface area contributed by atoms with Gasteiger partial charge in [-0.3, -0.25) is 0 Å². The van der Waals surface area contributed by atoms with E-state index >= 15 is 0 Å². The summed E-state index contributed by atoms with van der Waals surface area (Å²) in [6.45, 7) is 3.46. The SMILES string of the molecule is CC[CH]C(C)F. The van der Waals surface area contributed by atoms with Crippen LogP contribution >= 0.6 is 0 Å². The molecule has 0 saturated heterocycles. The van der Waals surface area contributed by atoms with Crippen LogP contribution in [0.25, 0.3) is 0 Å². The first-order valence-electron chi connectivity index (χ1n) is 2.24. The minimum absolute atomic E-state index is 0.727. The van der Waals surface area contributed by atoms with Gasteiger partial charge in [-0.15, -0.1) is 0 Å². The Balaban J connectivity index is 2.63. The summed E-state index contributed by atoms with van der Waals surface area (Å²) >= 11 is 0. The molecule has 0 aromatic heterocycles. The molecule has 0 bridgehead atoms. The second-order valence-corrected chi connectivity index (χ2v) is 1.32. The van der Waals surface area contributed by atoms with Crippen LogP contribution in [-0.4, -0.2) is 6.17 Å². The van der Waals surface area contributed by atoms with Gasteiger partial charge in [-0.2, -0.15) is 0 Å². The molecule has 0 amide bonds. The lowest BCUT2D eigenvalue weighted by atomic mass is 10.2. The van der Waals surface area contributed by atoms with Gasteiger partial charge in [0.05, 0.1) is 0 Å². The molecule has 1 unspecified atom stereocenters. The molecule has 0 aliphatic carbocycles. The quantitative estimate of drug-likeness (QED) is 0.485. The second-order valence-electron chi connectivity index (χ2n) is 1.32. The number of hydrogen-bond donors (Lipinski definition) is 0. The van der Waals surface area contributed by atoms with E-state index in [9.17, 15) is 4.39 Å². The average molecular weight is 89.1 g/mol. The predicted octanol–water partition coefficient (Wildman–Crippen LogP) is 1.96. The summed E-state index contributed by atoms with van der Waals surface area (Å²) in [4.78, 5) is 0. The maximum atomic E-state index is 11.6. The van der Waals surface area contributed by atoms with Crippen LogP contribution in [0.3, 0.4) is 0 Å². The molecule has 0 saturated carbocycles. The van der Waals surface area contributed by atoms with Crippen molar-refractivity contribution in [3.8, 4) is 0 Å². The smallest absolute Gasteiger partial charge is 0.100 e. The Morgan fingerprint density at radius 2 is 2.33 bits per heavy atom. The third-order valence-corrected chi connectivity index (χ3v) is 0.560. The summed E-state index contributed by atoms with van der Waals surface area (Å²) in [5, 5.41) is 0. The Labute approximate surface area is 38.4 Å². The van der Waals surface area contributed by atoms with E-state index in [4.69, 9.17) is 0 Å². The lowest BCUT2D eigenvalue weighted by molar-refractivity contribution is 0.399. The molecule has 0 rings (SSSR count). The van der Waals surface area contributed by atoms with Crippen molar-refractivity contribution in [3.63, 3.8) is 0 Å². The lowest BCUT2D eigenvalue weighted by Gasteiger charge is -1.91. The van der Waals surface area contributed by atoms with Crippen molar-refractivity contribution in [1.29, 1.82) is 0 Å². The number of halogens is 1. The van der Waals surface area contributed by atoms with Gasteiger partial charge in [0, 0.05) is 0 Å². The van der Waals surface area contributed by atoms with Gasteiger partial charge >= 0.3 is 0 Å². The molecule has 0 spiro atoms. The Morgan fingerprint density at radius 1 is 1.83 bits per heavy atom. The van der Waals surface area contributed by atoms with E-state index in [0.29, 0.717) is 0 Å². The number of hydrogen-bond acceptors (Lipinski definition) is 0. The summed E-state index contributed by atoms with van der Waals surface area (Å²) in [5.41, 5.74) is 0. The molecular weight excluding hydrogens is 79.1 g/mol. The van der Waals surface area contributed by atoms with Gasteiger partial charge in [0.1, 0.15) is 6.17 Å². The van der Waals surface area contributed by atoms with Crippen molar-refractivity contribution in [3.05, 3.63) is 6.42 Å². The highest BCUT2D eigenvalue weighted by Gasteiger charge is 1.91. The number of rotatable bonds is 2. The maximum absolute atomic E-state index is 11.6. The molecule has 0 fully saturated rings. The van der Waals surface area contributed by atoms with Gasteiger partial charge in [-0.25, -0.2) is 4.39 Å². The normalized spacial score (nSPS) is 14.5. The van der Waals surface area contributed by atoms with Crippen LogP contribution in [0.1, 0.15) is 20.3 Å². The Morgan fingerprint density at radius 3 is 2.33 bits per heavy atom. The molecule has 0 heterocycles. The first kappa shape index (κ1) is 5.93. The predicted molar refractivity (Wildman–Crippen MR) is 25.2 cm³/mol. The summed E-state index contributed by atoms with van der Waals surface area (Å²) in [6, 6.07) is 0. The Bertz CT molecular complexity index is 25.1. The monoisotopic (exact) mass is 89.1 g/mol. The van der Waals surface area contributed by atoms with Gasteiger partial charge in [0.15, 0.2) is 0 Å². The molecule has 1 heteroatoms. The van der Waals surface area contributed by atoms with Gasteiger partial charge < -0.3 is 0 Å². The maximum Gasteiger partial charge on any atom is 0.100 e. The van der Waals surface area contributed by atoms with Crippen LogP contribution in [0.15, 0.2) is 0 Å². The summed E-state index contributed by atoms with van der Waals surface area (Å²) in [7, 11) is 0. The van der Waals surface area contributed by atoms with E-state index in [2.05, 4.69) is 0 Å². The van der Waals surface area contributed by atoms with Crippen LogP contribution in [0.5, 0.6) is 0 Å². The minimum Gasteiger partial charge on any atom is -0.247 e. The molecule has 0 aromatic rings. The van der Waals surface area contributed by atoms with Crippen molar-refractivity contribution < 1.29 is 4.39 Å². The fourth-order valence-electron chi connectivity index (χ4n) is 0.325. The van der Waals surface area contributed by atoms with Crippen molar-refractivity contribution in [1.82, 2.24) is 0 Å². The lowest BCUT2D eigenvalue weighted by Crippen LogP contribution is -1.89. The van der Waals surface area contributed by atoms with E-state index in [-0.39, 0.29) is 0 Å². The zero-order valence-corrected chi connectivity index (χ0v) is 4.24. The molecule has 0 aromatic carbocycles. The second kappa shape index (κ2) is 3.13. The minimum atomic E-state index is -0.727. The molecule has 6 heavy (non-hydrogen) atoms. The fraction of sp³-hybridized carbons (Fsp3) is 0.800. The summed E-state index contributed by atoms with van der Waals surface area (Å²) in [5.74, 6) is 0. The molecule has 1 atom stereocenters. The van der Waals surface area contributed by atoms with Crippen molar-refractivity contribution in [2.45, 2.75) is 26.4 Å². The first-order valence-corrected chi connectivity index (χ1v) is 2.24. The molecule has 0 aliphatic rings. The van der Waals surface area contributed by atoms with Crippen molar-refractivity contribution in [2.24, 2.45) is 0 Å². The van der Waals surface area contributed by atoms with E-state index < -0.39 is 6.17 Å². The van der Waals surface area contributed by atoms with Crippen molar-refractivity contribution in [2.75, 3.05) is 0 Å². The van der Waals surface area contributed by atoms with Crippen molar-refractivity contribution >= 4 is 0 Å². The summed E-state index contributed by atoms with van der Waals surface area (Å²) < 4.78 is 11.6. The van der Waals surface area contributed by atoms with E-state index in [1.807, 2.05) is 6.92 Å². The molecule has 0 N–H and O–H groups in total. The van der Waals surface area contributed by atoms with Gasteiger partial charge in [0.25, 0.3) is 0 Å². The largest absolute Gasteiger partial charge is 0.247 e. The summed E-state index contributed by atoms with van der Waals surface area (Å²) in [6.07, 6.45) is 1.73. The standard InChI is InChI=1S/C5H10F/c1-3-4-5(2)6/h4-5H,3H2,1-2H3. The number of alkyl halides is 1. The topological polar surface area (TPSA) is 0 Å². The molecule has 1 radical (unpaired) electrons. The van der Waals surface area contributed by atoms with Gasteiger partial charge in [-0.1, -0.05) is 13.3 Å². The first-order chi connectivity index (χ1) is 2.77. The van der Waals surface area contributed by atoms with Crippen LogP contribution in [0, 0.1) is 6.42 Å². The van der Waals surface area contributed by atoms with E-state index in [0.717, 1.165) is 6.42 Å².